The monoisotopic (exact) mass is 387 g/mol. The minimum absolute atomic E-state index is 0. The standard InChI is InChI=1S/C21H25N3O2.ClH/c25-20(18-11-15-3-1-2-4-17(15)24-18)23-16-9-7-13(8-10-16)19-12-22-21(26-19)14-5-6-14;/h7-10,12,14-15,17-18,24H,1-6,11H2,(H,23,25);1H. The number of oxazole rings is 1. The van der Waals surface area contributed by atoms with E-state index < -0.39 is 0 Å². The first-order valence-electron chi connectivity index (χ1n) is 9.89. The van der Waals surface area contributed by atoms with Crippen LogP contribution in [0.3, 0.4) is 0 Å². The lowest BCUT2D eigenvalue weighted by Crippen LogP contribution is -2.39. The lowest BCUT2D eigenvalue weighted by Gasteiger charge is -2.24. The van der Waals surface area contributed by atoms with Crippen LogP contribution in [0.5, 0.6) is 0 Å². The molecule has 3 fully saturated rings. The quantitative estimate of drug-likeness (QED) is 0.810. The fraction of sp³-hybridized carbons (Fsp3) is 0.524. The molecule has 1 saturated heterocycles. The molecule has 0 radical (unpaired) electrons. The number of rotatable bonds is 4. The number of nitrogens with zero attached hydrogens (tertiary/aromatic N) is 1. The van der Waals surface area contributed by atoms with Gasteiger partial charge >= 0.3 is 0 Å². The second-order valence-corrected chi connectivity index (χ2v) is 8.01. The van der Waals surface area contributed by atoms with Gasteiger partial charge in [-0.15, -0.1) is 12.4 Å². The molecule has 144 valence electrons. The third-order valence-electron chi connectivity index (χ3n) is 6.07. The van der Waals surface area contributed by atoms with Gasteiger partial charge in [0.2, 0.25) is 5.91 Å². The average Bonchev–Trinajstić information content (AvgIpc) is 3.23. The van der Waals surface area contributed by atoms with E-state index in [1.165, 1.54) is 38.5 Å². The first-order chi connectivity index (χ1) is 12.8. The summed E-state index contributed by atoms with van der Waals surface area (Å²) in [5, 5.41) is 6.59. The van der Waals surface area contributed by atoms with Crippen molar-refractivity contribution in [1.82, 2.24) is 10.3 Å². The predicted molar refractivity (Wildman–Crippen MR) is 107 cm³/mol. The number of hydrogen-bond acceptors (Lipinski definition) is 4. The molecule has 2 N–H and O–H groups in total. The molecule has 3 aliphatic rings. The van der Waals surface area contributed by atoms with Crippen LogP contribution in [0.1, 0.15) is 56.8 Å². The van der Waals surface area contributed by atoms with E-state index in [9.17, 15) is 4.79 Å². The average molecular weight is 388 g/mol. The van der Waals surface area contributed by atoms with E-state index >= 15 is 0 Å². The number of carbonyl (C=O) groups excluding carboxylic acids is 1. The predicted octanol–water partition coefficient (Wildman–Crippen LogP) is 4.50. The van der Waals surface area contributed by atoms with E-state index in [1.54, 1.807) is 6.20 Å². The van der Waals surface area contributed by atoms with E-state index in [4.69, 9.17) is 4.42 Å². The molecule has 3 unspecified atom stereocenters. The second kappa shape index (κ2) is 7.64. The van der Waals surface area contributed by atoms with Crippen molar-refractivity contribution in [2.24, 2.45) is 5.92 Å². The Morgan fingerprint density at radius 1 is 1.11 bits per heavy atom. The van der Waals surface area contributed by atoms with E-state index in [0.717, 1.165) is 29.3 Å². The summed E-state index contributed by atoms with van der Waals surface area (Å²) >= 11 is 0. The maximum Gasteiger partial charge on any atom is 0.241 e. The van der Waals surface area contributed by atoms with Crippen LogP contribution in [-0.2, 0) is 4.79 Å². The Bertz CT molecular complexity index is 786. The minimum Gasteiger partial charge on any atom is -0.440 e. The number of nitrogens with one attached hydrogen (secondary N) is 2. The Morgan fingerprint density at radius 3 is 2.63 bits per heavy atom. The van der Waals surface area contributed by atoms with Crippen LogP contribution in [0.15, 0.2) is 34.9 Å². The normalized spacial score (nSPS) is 26.9. The fourth-order valence-electron chi connectivity index (χ4n) is 4.41. The molecule has 27 heavy (non-hydrogen) atoms. The van der Waals surface area contributed by atoms with Gasteiger partial charge in [-0.05, 0) is 62.3 Å². The van der Waals surface area contributed by atoms with Gasteiger partial charge in [0.1, 0.15) is 0 Å². The molecule has 2 aliphatic carbocycles. The smallest absolute Gasteiger partial charge is 0.241 e. The Kier molecular flexibility index (Phi) is 5.24. The molecule has 0 spiro atoms. The number of aromatic nitrogens is 1. The van der Waals surface area contributed by atoms with E-state index in [0.29, 0.717) is 17.9 Å². The number of amides is 1. The number of hydrogen-bond donors (Lipinski definition) is 2. The molecule has 1 aromatic carbocycles. The van der Waals surface area contributed by atoms with Crippen molar-refractivity contribution in [2.75, 3.05) is 5.32 Å². The van der Waals surface area contributed by atoms with E-state index in [-0.39, 0.29) is 24.4 Å². The summed E-state index contributed by atoms with van der Waals surface area (Å²) < 4.78 is 5.84. The van der Waals surface area contributed by atoms with Crippen molar-refractivity contribution >= 4 is 24.0 Å². The molecule has 5 rings (SSSR count). The number of fused-ring (bicyclic) bond motifs is 1. The highest BCUT2D eigenvalue weighted by molar-refractivity contribution is 5.95. The summed E-state index contributed by atoms with van der Waals surface area (Å²) in [6, 6.07) is 8.32. The van der Waals surface area contributed by atoms with Crippen molar-refractivity contribution < 1.29 is 9.21 Å². The lowest BCUT2D eigenvalue weighted by molar-refractivity contribution is -0.117. The third kappa shape index (κ3) is 3.90. The van der Waals surface area contributed by atoms with Crippen LogP contribution >= 0.6 is 12.4 Å². The van der Waals surface area contributed by atoms with Gasteiger partial charge in [-0.3, -0.25) is 4.79 Å². The van der Waals surface area contributed by atoms with Crippen molar-refractivity contribution in [3.8, 4) is 11.3 Å². The number of anilines is 1. The van der Waals surface area contributed by atoms with Crippen LogP contribution in [-0.4, -0.2) is 23.0 Å². The van der Waals surface area contributed by atoms with Gasteiger partial charge in [0.25, 0.3) is 0 Å². The topological polar surface area (TPSA) is 67.2 Å². The zero-order chi connectivity index (χ0) is 17.5. The summed E-state index contributed by atoms with van der Waals surface area (Å²) in [7, 11) is 0. The summed E-state index contributed by atoms with van der Waals surface area (Å²) in [5.74, 6) is 2.93. The summed E-state index contributed by atoms with van der Waals surface area (Å²) in [6.45, 7) is 0. The zero-order valence-electron chi connectivity index (χ0n) is 15.3. The molecule has 1 aliphatic heterocycles. The molecule has 1 aromatic heterocycles. The van der Waals surface area contributed by atoms with Gasteiger partial charge in [0.15, 0.2) is 11.7 Å². The summed E-state index contributed by atoms with van der Waals surface area (Å²) in [6.07, 6.45) is 10.2. The van der Waals surface area contributed by atoms with Crippen LogP contribution in [0, 0.1) is 5.92 Å². The molecular weight excluding hydrogens is 362 g/mol. The third-order valence-corrected chi connectivity index (χ3v) is 6.07. The molecule has 6 heteroatoms. The van der Waals surface area contributed by atoms with Gasteiger partial charge in [0.05, 0.1) is 12.2 Å². The molecule has 2 saturated carbocycles. The summed E-state index contributed by atoms with van der Waals surface area (Å²) in [5.41, 5.74) is 1.82. The van der Waals surface area contributed by atoms with Gasteiger partial charge in [0, 0.05) is 23.2 Å². The van der Waals surface area contributed by atoms with Crippen LogP contribution < -0.4 is 10.6 Å². The number of benzene rings is 1. The zero-order valence-corrected chi connectivity index (χ0v) is 16.1. The van der Waals surface area contributed by atoms with Gasteiger partial charge in [-0.25, -0.2) is 4.98 Å². The lowest BCUT2D eigenvalue weighted by atomic mass is 9.85. The molecule has 5 nitrogen and oxygen atoms in total. The second-order valence-electron chi connectivity index (χ2n) is 8.01. The SMILES string of the molecule is Cl.O=C(Nc1ccc(-c2cnc(C3CC3)o2)cc1)C1CC2CCCCC2N1. The fourth-order valence-corrected chi connectivity index (χ4v) is 4.41. The van der Waals surface area contributed by atoms with Crippen molar-refractivity contribution in [2.45, 2.75) is 62.9 Å². The first kappa shape index (κ1) is 18.5. The Morgan fingerprint density at radius 2 is 1.89 bits per heavy atom. The van der Waals surface area contributed by atoms with Gasteiger partial charge in [-0.2, -0.15) is 0 Å². The van der Waals surface area contributed by atoms with Gasteiger partial charge < -0.3 is 15.1 Å². The maximum absolute atomic E-state index is 12.6. The highest BCUT2D eigenvalue weighted by Crippen LogP contribution is 2.40. The van der Waals surface area contributed by atoms with E-state index in [1.807, 2.05) is 24.3 Å². The highest BCUT2D eigenvalue weighted by Gasteiger charge is 2.38. The Labute approximate surface area is 165 Å². The number of carbonyl (C=O) groups is 1. The van der Waals surface area contributed by atoms with E-state index in [2.05, 4.69) is 15.6 Å². The maximum atomic E-state index is 12.6. The highest BCUT2D eigenvalue weighted by atomic mass is 35.5. The summed E-state index contributed by atoms with van der Waals surface area (Å²) in [4.78, 5) is 17.0. The molecule has 3 atom stereocenters. The van der Waals surface area contributed by atoms with Crippen molar-refractivity contribution in [1.29, 1.82) is 0 Å². The molecule has 0 bridgehead atoms. The van der Waals surface area contributed by atoms with Crippen LogP contribution in [0.25, 0.3) is 11.3 Å². The Balaban J connectivity index is 0.00000180. The van der Waals surface area contributed by atoms with Crippen molar-refractivity contribution in [3.63, 3.8) is 0 Å². The van der Waals surface area contributed by atoms with Crippen LogP contribution in [0.4, 0.5) is 5.69 Å². The Hall–Kier alpha value is -1.85. The number of halogens is 1. The minimum atomic E-state index is -0.0573. The molecule has 2 aromatic rings. The van der Waals surface area contributed by atoms with Gasteiger partial charge in [-0.1, -0.05) is 12.8 Å². The largest absolute Gasteiger partial charge is 0.440 e. The molecule has 2 heterocycles. The molecular formula is C21H26ClN3O2. The first-order valence-corrected chi connectivity index (χ1v) is 9.89. The molecule has 1 amide bonds. The van der Waals surface area contributed by atoms with Crippen molar-refractivity contribution in [3.05, 3.63) is 36.4 Å². The van der Waals surface area contributed by atoms with Crippen LogP contribution in [0.2, 0.25) is 0 Å².